The van der Waals surface area contributed by atoms with E-state index < -0.39 is 0 Å². The average Bonchev–Trinajstić information content (AvgIpc) is 2.37. The fraction of sp³-hybridized carbons (Fsp3) is 0.429. The molecular formula is C21H28. The van der Waals surface area contributed by atoms with Crippen LogP contribution >= 0.6 is 0 Å². The molecule has 2 aromatic rings. The molecule has 0 nitrogen and oxygen atoms in total. The van der Waals surface area contributed by atoms with Gasteiger partial charge in [-0.25, -0.2) is 0 Å². The SMILES string of the molecule is Cc1ccc(-c2ccc(C(C)(C)CC(C)(C)C)cc2)cc1. The van der Waals surface area contributed by atoms with Crippen molar-refractivity contribution in [2.75, 3.05) is 0 Å². The average molecular weight is 280 g/mol. The number of hydrogen-bond acceptors (Lipinski definition) is 0. The molecule has 0 heterocycles. The molecule has 21 heavy (non-hydrogen) atoms. The molecule has 0 N–H and O–H groups in total. The zero-order valence-electron chi connectivity index (χ0n) is 14.3. The molecule has 0 unspecified atom stereocenters. The van der Waals surface area contributed by atoms with E-state index in [1.165, 1.54) is 28.7 Å². The van der Waals surface area contributed by atoms with Crippen LogP contribution in [0.5, 0.6) is 0 Å². The van der Waals surface area contributed by atoms with Crippen LogP contribution < -0.4 is 0 Å². The highest BCUT2D eigenvalue weighted by atomic mass is 14.3. The number of benzene rings is 2. The molecule has 0 aromatic heterocycles. The van der Waals surface area contributed by atoms with Crippen molar-refractivity contribution in [3.05, 3.63) is 59.7 Å². The number of rotatable bonds is 3. The summed E-state index contributed by atoms with van der Waals surface area (Å²) in [5, 5.41) is 0. The van der Waals surface area contributed by atoms with Crippen LogP contribution in [0.1, 0.15) is 52.2 Å². The van der Waals surface area contributed by atoms with Crippen molar-refractivity contribution in [2.24, 2.45) is 5.41 Å². The zero-order chi connectivity index (χ0) is 15.7. The maximum Gasteiger partial charge on any atom is -0.00986 e. The summed E-state index contributed by atoms with van der Waals surface area (Å²) < 4.78 is 0. The van der Waals surface area contributed by atoms with Gasteiger partial charge >= 0.3 is 0 Å². The summed E-state index contributed by atoms with van der Waals surface area (Å²) in [5.74, 6) is 0. The number of aryl methyl sites for hydroxylation is 1. The van der Waals surface area contributed by atoms with Crippen LogP contribution in [0.3, 0.4) is 0 Å². The smallest absolute Gasteiger partial charge is 0.00986 e. The van der Waals surface area contributed by atoms with Crippen LogP contribution in [-0.2, 0) is 5.41 Å². The first-order valence-corrected chi connectivity index (χ1v) is 7.85. The molecule has 0 heteroatoms. The second kappa shape index (κ2) is 5.67. The highest BCUT2D eigenvalue weighted by Crippen LogP contribution is 2.36. The fourth-order valence-corrected chi connectivity index (χ4v) is 3.29. The predicted octanol–water partition coefficient (Wildman–Crippen LogP) is 6.38. The van der Waals surface area contributed by atoms with Gasteiger partial charge in [-0.3, -0.25) is 0 Å². The first kappa shape index (κ1) is 15.8. The van der Waals surface area contributed by atoms with E-state index in [-0.39, 0.29) is 5.41 Å². The maximum absolute atomic E-state index is 2.35. The summed E-state index contributed by atoms with van der Waals surface area (Å²) >= 11 is 0. The van der Waals surface area contributed by atoms with E-state index in [9.17, 15) is 0 Å². The Balaban J connectivity index is 2.24. The van der Waals surface area contributed by atoms with E-state index in [0.717, 1.165) is 0 Å². The lowest BCUT2D eigenvalue weighted by Gasteiger charge is -2.33. The third-order valence-corrected chi connectivity index (χ3v) is 4.02. The van der Waals surface area contributed by atoms with Crippen LogP contribution in [0, 0.1) is 12.3 Å². The Kier molecular flexibility index (Phi) is 4.27. The van der Waals surface area contributed by atoms with E-state index >= 15 is 0 Å². The van der Waals surface area contributed by atoms with Gasteiger partial charge in [0.2, 0.25) is 0 Å². The predicted molar refractivity (Wildman–Crippen MR) is 93.7 cm³/mol. The van der Waals surface area contributed by atoms with Crippen LogP contribution in [0.25, 0.3) is 11.1 Å². The largest absolute Gasteiger partial charge is 0.0601 e. The van der Waals surface area contributed by atoms with Gasteiger partial charge in [0.1, 0.15) is 0 Å². The van der Waals surface area contributed by atoms with E-state index in [2.05, 4.69) is 90.1 Å². The Hall–Kier alpha value is -1.56. The topological polar surface area (TPSA) is 0 Å². The Bertz CT molecular complexity index is 577. The van der Waals surface area contributed by atoms with Crippen molar-refractivity contribution in [2.45, 2.75) is 53.4 Å². The van der Waals surface area contributed by atoms with Crippen molar-refractivity contribution in [1.29, 1.82) is 0 Å². The first-order valence-electron chi connectivity index (χ1n) is 7.85. The summed E-state index contributed by atoms with van der Waals surface area (Å²) in [6.07, 6.45) is 1.18. The highest BCUT2D eigenvalue weighted by molar-refractivity contribution is 5.64. The standard InChI is InChI=1S/C21H28/c1-16-7-9-17(10-8-16)18-11-13-19(14-12-18)21(5,6)15-20(2,3)4/h7-14H,15H2,1-6H3. The van der Waals surface area contributed by atoms with Crippen molar-refractivity contribution >= 4 is 0 Å². The molecule has 0 saturated carbocycles. The molecule has 0 fully saturated rings. The van der Waals surface area contributed by atoms with Crippen molar-refractivity contribution < 1.29 is 0 Å². The lowest BCUT2D eigenvalue weighted by atomic mass is 9.72. The minimum Gasteiger partial charge on any atom is -0.0601 e. The molecule has 0 saturated heterocycles. The Morgan fingerprint density at radius 1 is 0.667 bits per heavy atom. The molecule has 0 atom stereocenters. The quantitative estimate of drug-likeness (QED) is 0.612. The second-order valence-corrected chi connectivity index (χ2v) is 8.06. The molecule has 0 aliphatic heterocycles. The minimum absolute atomic E-state index is 0.212. The third-order valence-electron chi connectivity index (χ3n) is 4.02. The molecule has 0 aliphatic carbocycles. The van der Waals surface area contributed by atoms with Gasteiger partial charge in [-0.2, -0.15) is 0 Å². The lowest BCUT2D eigenvalue weighted by Crippen LogP contribution is -2.24. The first-order chi connectivity index (χ1) is 9.67. The molecule has 2 rings (SSSR count). The van der Waals surface area contributed by atoms with Gasteiger partial charge in [-0.1, -0.05) is 88.7 Å². The molecule has 0 spiro atoms. The summed E-state index contributed by atoms with van der Waals surface area (Å²) in [5.41, 5.74) is 5.88. The highest BCUT2D eigenvalue weighted by Gasteiger charge is 2.27. The van der Waals surface area contributed by atoms with Gasteiger partial charge < -0.3 is 0 Å². The Morgan fingerprint density at radius 3 is 1.52 bits per heavy atom. The summed E-state index contributed by atoms with van der Waals surface area (Å²) in [7, 11) is 0. The molecule has 0 aliphatic rings. The molecule has 2 aromatic carbocycles. The fourth-order valence-electron chi connectivity index (χ4n) is 3.29. The van der Waals surface area contributed by atoms with E-state index in [4.69, 9.17) is 0 Å². The van der Waals surface area contributed by atoms with Crippen LogP contribution in [0.4, 0.5) is 0 Å². The van der Waals surface area contributed by atoms with Crippen molar-refractivity contribution in [3.63, 3.8) is 0 Å². The summed E-state index contributed by atoms with van der Waals surface area (Å²) in [6.45, 7) is 13.8. The molecular weight excluding hydrogens is 252 g/mol. The van der Waals surface area contributed by atoms with Crippen molar-refractivity contribution in [1.82, 2.24) is 0 Å². The Labute approximate surface area is 130 Å². The molecule has 112 valence electrons. The van der Waals surface area contributed by atoms with E-state index in [1.54, 1.807) is 0 Å². The van der Waals surface area contributed by atoms with Gasteiger partial charge in [-0.05, 0) is 40.9 Å². The monoisotopic (exact) mass is 280 g/mol. The molecule has 0 amide bonds. The molecule has 0 bridgehead atoms. The zero-order valence-corrected chi connectivity index (χ0v) is 14.3. The van der Waals surface area contributed by atoms with Gasteiger partial charge in [0, 0.05) is 0 Å². The van der Waals surface area contributed by atoms with Gasteiger partial charge in [-0.15, -0.1) is 0 Å². The maximum atomic E-state index is 2.35. The van der Waals surface area contributed by atoms with E-state index in [0.29, 0.717) is 5.41 Å². The summed E-state index contributed by atoms with van der Waals surface area (Å²) in [6, 6.07) is 17.8. The normalized spacial score (nSPS) is 12.5. The Morgan fingerprint density at radius 2 is 1.10 bits per heavy atom. The van der Waals surface area contributed by atoms with Gasteiger partial charge in [0.05, 0.1) is 0 Å². The van der Waals surface area contributed by atoms with Crippen LogP contribution in [0.15, 0.2) is 48.5 Å². The van der Waals surface area contributed by atoms with Crippen LogP contribution in [0.2, 0.25) is 0 Å². The van der Waals surface area contributed by atoms with Gasteiger partial charge in [0.15, 0.2) is 0 Å². The van der Waals surface area contributed by atoms with Crippen molar-refractivity contribution in [3.8, 4) is 11.1 Å². The van der Waals surface area contributed by atoms with E-state index in [1.807, 2.05) is 0 Å². The summed E-state index contributed by atoms with van der Waals surface area (Å²) in [4.78, 5) is 0. The third kappa shape index (κ3) is 4.20. The number of hydrogen-bond donors (Lipinski definition) is 0. The molecule has 0 radical (unpaired) electrons. The lowest BCUT2D eigenvalue weighted by molar-refractivity contribution is 0.284. The second-order valence-electron chi connectivity index (χ2n) is 8.06. The van der Waals surface area contributed by atoms with Gasteiger partial charge in [0.25, 0.3) is 0 Å². The minimum atomic E-state index is 0.212. The van der Waals surface area contributed by atoms with Crippen LogP contribution in [-0.4, -0.2) is 0 Å².